The Bertz CT molecular complexity index is 1450. The Morgan fingerprint density at radius 3 is 2.03 bits per heavy atom. The summed E-state index contributed by atoms with van der Waals surface area (Å²) in [5.74, 6) is -13.2. The molecule has 0 N–H and O–H groups in total. The molecule has 4 aromatic rings. The number of hydrogen-bond acceptors (Lipinski definition) is 1. The maximum Gasteiger partial charge on any atom is 0.429 e. The maximum absolute atomic E-state index is 14.8. The highest BCUT2D eigenvalue weighted by Crippen LogP contribution is 2.39. The lowest BCUT2D eigenvalue weighted by Crippen LogP contribution is -2.24. The number of benzene rings is 4. The zero-order valence-corrected chi connectivity index (χ0v) is 17.2. The third kappa shape index (κ3) is 3.80. The normalized spacial score (nSPS) is 12.1. The molecule has 0 amide bonds. The van der Waals surface area contributed by atoms with Crippen LogP contribution in [0.3, 0.4) is 0 Å². The van der Waals surface area contributed by atoms with Crippen LogP contribution < -0.4 is 4.74 Å². The molecule has 0 unspecified atom stereocenters. The summed E-state index contributed by atoms with van der Waals surface area (Å²) in [6.07, 6.45) is -3.91. The van der Waals surface area contributed by atoms with Gasteiger partial charge in [-0.25, -0.2) is 30.7 Å². The van der Waals surface area contributed by atoms with Gasteiger partial charge in [0.25, 0.3) is 0 Å². The van der Waals surface area contributed by atoms with Crippen LogP contribution in [0, 0.1) is 40.7 Å². The van der Waals surface area contributed by atoms with Gasteiger partial charge in [-0.15, -0.1) is 0 Å². The van der Waals surface area contributed by atoms with E-state index in [1.807, 2.05) is 0 Å². The van der Waals surface area contributed by atoms with Gasteiger partial charge in [-0.05, 0) is 41.0 Å². The molecule has 0 radical (unpaired) electrons. The monoisotopic (exact) mass is 488 g/mol. The van der Waals surface area contributed by atoms with Crippen molar-refractivity contribution in [2.24, 2.45) is 0 Å². The predicted molar refractivity (Wildman–Crippen MR) is 106 cm³/mol. The number of aryl methyl sites for hydroxylation is 1. The quantitative estimate of drug-likeness (QED) is 0.204. The first-order valence-corrected chi connectivity index (χ1v) is 9.89. The molecule has 0 bridgehead atoms. The molecule has 10 heteroatoms. The van der Waals surface area contributed by atoms with E-state index in [2.05, 4.69) is 4.74 Å². The first-order chi connectivity index (χ1) is 16.0. The molecule has 0 saturated heterocycles. The fraction of sp³-hybridized carbons (Fsp3) is 0.167. The van der Waals surface area contributed by atoms with Crippen LogP contribution in [0.25, 0.3) is 21.5 Å². The number of alkyl halides is 2. The molecule has 0 heterocycles. The van der Waals surface area contributed by atoms with Crippen LogP contribution in [0.5, 0.6) is 5.75 Å². The largest absolute Gasteiger partial charge is 0.429 e. The summed E-state index contributed by atoms with van der Waals surface area (Å²) in [5, 5.41) is -2.86. The van der Waals surface area contributed by atoms with Gasteiger partial charge in [-0.3, -0.25) is 0 Å². The summed E-state index contributed by atoms with van der Waals surface area (Å²) in [4.78, 5) is 0. The van der Waals surface area contributed by atoms with Gasteiger partial charge in [0, 0.05) is 6.07 Å². The van der Waals surface area contributed by atoms with Gasteiger partial charge < -0.3 is 4.74 Å². The molecule has 0 aromatic heterocycles. The summed E-state index contributed by atoms with van der Waals surface area (Å²) in [6.45, 7) is 1.73. The topological polar surface area (TPSA) is 9.23 Å². The van der Waals surface area contributed by atoms with Crippen molar-refractivity contribution in [1.29, 1.82) is 0 Å². The molecule has 4 aromatic carbocycles. The molecule has 0 aliphatic heterocycles. The summed E-state index contributed by atoms with van der Waals surface area (Å²) in [7, 11) is 0. The fourth-order valence-electron chi connectivity index (χ4n) is 3.72. The standard InChI is InChI=1S/C24H13F9O/c1-2-3-10-4-5-11-7-14(20(28)23(31)18(11)19(10)27)24(32,33)34-13-6-12-8-16(26)21(29)22(30)17(12)15(25)9-13/h4-9H,2-3H2,1H3. The van der Waals surface area contributed by atoms with Crippen molar-refractivity contribution in [2.75, 3.05) is 0 Å². The van der Waals surface area contributed by atoms with E-state index in [1.165, 1.54) is 6.07 Å². The second kappa shape index (κ2) is 8.41. The highest BCUT2D eigenvalue weighted by molar-refractivity contribution is 5.86. The average Bonchev–Trinajstić information content (AvgIpc) is 2.75. The first-order valence-electron chi connectivity index (χ1n) is 9.89. The average molecular weight is 488 g/mol. The van der Waals surface area contributed by atoms with Gasteiger partial charge in [0.05, 0.1) is 10.8 Å². The Morgan fingerprint density at radius 1 is 0.676 bits per heavy atom. The Morgan fingerprint density at radius 2 is 1.35 bits per heavy atom. The maximum atomic E-state index is 14.8. The van der Waals surface area contributed by atoms with Crippen LogP contribution in [0.4, 0.5) is 39.5 Å². The van der Waals surface area contributed by atoms with Crippen molar-refractivity contribution in [3.05, 3.63) is 88.2 Å². The molecule has 0 saturated carbocycles. The predicted octanol–water partition coefficient (Wildman–Crippen LogP) is 8.05. The smallest absolute Gasteiger partial charge is 0.429 e. The van der Waals surface area contributed by atoms with Gasteiger partial charge in [0.1, 0.15) is 22.9 Å². The molecule has 0 fully saturated rings. The Kier molecular flexibility index (Phi) is 5.87. The second-order valence-corrected chi connectivity index (χ2v) is 7.55. The van der Waals surface area contributed by atoms with E-state index >= 15 is 0 Å². The Hall–Kier alpha value is -3.43. The van der Waals surface area contributed by atoms with Gasteiger partial charge in [0.15, 0.2) is 29.1 Å². The zero-order chi connectivity index (χ0) is 24.9. The fourth-order valence-corrected chi connectivity index (χ4v) is 3.72. The number of halogens is 9. The van der Waals surface area contributed by atoms with Crippen LogP contribution in [0.1, 0.15) is 24.5 Å². The van der Waals surface area contributed by atoms with Crippen molar-refractivity contribution < 1.29 is 44.3 Å². The molecule has 34 heavy (non-hydrogen) atoms. The van der Waals surface area contributed by atoms with Crippen LogP contribution in [0.2, 0.25) is 0 Å². The molecule has 0 aliphatic carbocycles. The number of ether oxygens (including phenoxy) is 1. The highest BCUT2D eigenvalue weighted by Gasteiger charge is 2.40. The third-order valence-corrected chi connectivity index (χ3v) is 5.28. The van der Waals surface area contributed by atoms with E-state index in [4.69, 9.17) is 0 Å². The van der Waals surface area contributed by atoms with Gasteiger partial charge in [-0.2, -0.15) is 8.78 Å². The summed E-state index contributed by atoms with van der Waals surface area (Å²) in [5.41, 5.74) is -1.54. The van der Waals surface area contributed by atoms with E-state index < -0.39 is 74.3 Å². The van der Waals surface area contributed by atoms with Crippen molar-refractivity contribution in [1.82, 2.24) is 0 Å². The lowest BCUT2D eigenvalue weighted by atomic mass is 9.99. The Labute approximate surface area is 186 Å². The number of rotatable bonds is 5. The molecule has 4 rings (SSSR count). The van der Waals surface area contributed by atoms with Crippen LogP contribution in [-0.2, 0) is 12.5 Å². The minimum Gasteiger partial charge on any atom is -0.429 e. The summed E-state index contributed by atoms with van der Waals surface area (Å²) >= 11 is 0. The second-order valence-electron chi connectivity index (χ2n) is 7.55. The molecule has 0 atom stereocenters. The van der Waals surface area contributed by atoms with Crippen molar-refractivity contribution in [3.8, 4) is 5.75 Å². The SMILES string of the molecule is CCCc1ccc2cc(C(F)(F)Oc3cc(F)c4c(F)c(F)c(F)cc4c3)c(F)c(F)c2c1F. The van der Waals surface area contributed by atoms with E-state index in [1.54, 1.807) is 6.92 Å². The van der Waals surface area contributed by atoms with Crippen LogP contribution in [-0.4, -0.2) is 0 Å². The van der Waals surface area contributed by atoms with E-state index in [-0.39, 0.29) is 23.4 Å². The van der Waals surface area contributed by atoms with E-state index in [0.29, 0.717) is 24.6 Å². The number of hydrogen-bond donors (Lipinski definition) is 0. The molecule has 1 nitrogen and oxygen atoms in total. The lowest BCUT2D eigenvalue weighted by Gasteiger charge is -2.20. The minimum atomic E-state index is -4.62. The molecule has 178 valence electrons. The Balaban J connectivity index is 1.81. The molecular formula is C24H13F9O. The van der Waals surface area contributed by atoms with Crippen molar-refractivity contribution in [3.63, 3.8) is 0 Å². The van der Waals surface area contributed by atoms with Gasteiger partial charge >= 0.3 is 6.11 Å². The van der Waals surface area contributed by atoms with E-state index in [0.717, 1.165) is 6.07 Å². The number of fused-ring (bicyclic) bond motifs is 2. The third-order valence-electron chi connectivity index (χ3n) is 5.28. The zero-order valence-electron chi connectivity index (χ0n) is 17.2. The highest BCUT2D eigenvalue weighted by atomic mass is 19.3. The van der Waals surface area contributed by atoms with Crippen LogP contribution in [0.15, 0.2) is 36.4 Å². The van der Waals surface area contributed by atoms with Gasteiger partial charge in [0.2, 0.25) is 0 Å². The minimum absolute atomic E-state index is 0.0756. The lowest BCUT2D eigenvalue weighted by molar-refractivity contribution is -0.187. The summed E-state index contributed by atoms with van der Waals surface area (Å²) < 4.78 is 133. The molecule has 0 spiro atoms. The first kappa shape index (κ1) is 23.7. The molecular weight excluding hydrogens is 475 g/mol. The summed E-state index contributed by atoms with van der Waals surface area (Å²) in [6, 6.07) is 4.06. The molecule has 0 aliphatic rings. The van der Waals surface area contributed by atoms with Crippen LogP contribution >= 0.6 is 0 Å². The van der Waals surface area contributed by atoms with E-state index in [9.17, 15) is 39.5 Å². The van der Waals surface area contributed by atoms with Crippen molar-refractivity contribution >= 4 is 21.5 Å². The van der Waals surface area contributed by atoms with Crippen molar-refractivity contribution in [2.45, 2.75) is 25.9 Å². The van der Waals surface area contributed by atoms with Gasteiger partial charge in [-0.1, -0.05) is 25.5 Å².